The normalized spacial score (nSPS) is 12.2. The molecule has 1 unspecified atom stereocenters. The lowest BCUT2D eigenvalue weighted by atomic mass is 10.0. The van der Waals surface area contributed by atoms with E-state index in [-0.39, 0.29) is 11.8 Å². The molecular formula is C16H17F2NO. The molecule has 0 heterocycles. The van der Waals surface area contributed by atoms with Crippen LogP contribution in [0.4, 0.5) is 8.78 Å². The number of benzene rings is 2. The lowest BCUT2D eigenvalue weighted by Crippen LogP contribution is -2.18. The highest BCUT2D eigenvalue weighted by molar-refractivity contribution is 5.38. The van der Waals surface area contributed by atoms with Gasteiger partial charge in [-0.15, -0.1) is 0 Å². The zero-order valence-corrected chi connectivity index (χ0v) is 11.5. The molecule has 0 fully saturated rings. The topological polar surface area (TPSA) is 35.2 Å². The summed E-state index contributed by atoms with van der Waals surface area (Å²) in [6, 6.07) is 9.15. The largest absolute Gasteiger partial charge is 0.457 e. The molecule has 0 saturated heterocycles. The van der Waals surface area contributed by atoms with Crippen LogP contribution >= 0.6 is 0 Å². The number of hydrogen-bond acceptors (Lipinski definition) is 2. The Morgan fingerprint density at radius 2 is 1.70 bits per heavy atom. The molecule has 0 radical (unpaired) electrons. The van der Waals surface area contributed by atoms with Gasteiger partial charge in [0, 0.05) is 12.1 Å². The lowest BCUT2D eigenvalue weighted by Gasteiger charge is -2.11. The van der Waals surface area contributed by atoms with Gasteiger partial charge < -0.3 is 10.5 Å². The van der Waals surface area contributed by atoms with Gasteiger partial charge in [0.15, 0.2) is 11.6 Å². The molecule has 2 N–H and O–H groups in total. The number of aryl methyl sites for hydroxylation is 1. The van der Waals surface area contributed by atoms with E-state index in [0.717, 1.165) is 29.7 Å². The fourth-order valence-corrected chi connectivity index (χ4v) is 1.98. The van der Waals surface area contributed by atoms with Crippen molar-refractivity contribution in [3.8, 4) is 11.5 Å². The summed E-state index contributed by atoms with van der Waals surface area (Å²) in [6.07, 6.45) is 0.789. The highest BCUT2D eigenvalue weighted by Crippen LogP contribution is 2.25. The van der Waals surface area contributed by atoms with Crippen molar-refractivity contribution in [2.45, 2.75) is 26.3 Å². The second-order valence-electron chi connectivity index (χ2n) is 4.95. The van der Waals surface area contributed by atoms with Crippen LogP contribution in [0.2, 0.25) is 0 Å². The fourth-order valence-electron chi connectivity index (χ4n) is 1.98. The summed E-state index contributed by atoms with van der Waals surface area (Å²) >= 11 is 0. The predicted molar refractivity (Wildman–Crippen MR) is 75.0 cm³/mol. The molecule has 2 rings (SSSR count). The van der Waals surface area contributed by atoms with Crippen LogP contribution in [0.3, 0.4) is 0 Å². The molecule has 20 heavy (non-hydrogen) atoms. The van der Waals surface area contributed by atoms with Crippen molar-refractivity contribution in [2.24, 2.45) is 5.73 Å². The van der Waals surface area contributed by atoms with Gasteiger partial charge in [-0.2, -0.15) is 0 Å². The highest BCUT2D eigenvalue weighted by atomic mass is 19.2. The maximum absolute atomic E-state index is 13.1. The number of nitrogens with two attached hydrogens (primary N) is 1. The minimum absolute atomic E-state index is 0.0895. The standard InChI is InChI=1S/C16H17F2NO/c1-10-7-13(4-3-12(10)8-11(2)19)20-14-5-6-15(17)16(18)9-14/h3-7,9,11H,8,19H2,1-2H3. The van der Waals surface area contributed by atoms with Crippen molar-refractivity contribution in [2.75, 3.05) is 0 Å². The lowest BCUT2D eigenvalue weighted by molar-refractivity contribution is 0.461. The molecule has 106 valence electrons. The van der Waals surface area contributed by atoms with E-state index in [1.165, 1.54) is 6.07 Å². The quantitative estimate of drug-likeness (QED) is 0.918. The average Bonchev–Trinajstić information content (AvgIpc) is 2.37. The smallest absolute Gasteiger partial charge is 0.162 e. The molecule has 0 spiro atoms. The molecule has 4 heteroatoms. The first-order chi connectivity index (χ1) is 9.45. The molecule has 0 bridgehead atoms. The van der Waals surface area contributed by atoms with Gasteiger partial charge in [0.2, 0.25) is 0 Å². The zero-order chi connectivity index (χ0) is 14.7. The van der Waals surface area contributed by atoms with E-state index in [4.69, 9.17) is 10.5 Å². The first-order valence-corrected chi connectivity index (χ1v) is 6.43. The van der Waals surface area contributed by atoms with E-state index < -0.39 is 11.6 Å². The van der Waals surface area contributed by atoms with Gasteiger partial charge in [0.1, 0.15) is 11.5 Å². The molecule has 0 amide bonds. The first-order valence-electron chi connectivity index (χ1n) is 6.43. The van der Waals surface area contributed by atoms with Crippen molar-refractivity contribution >= 4 is 0 Å². The van der Waals surface area contributed by atoms with Crippen LogP contribution in [0.15, 0.2) is 36.4 Å². The van der Waals surface area contributed by atoms with E-state index in [1.807, 2.05) is 26.0 Å². The van der Waals surface area contributed by atoms with E-state index in [0.29, 0.717) is 5.75 Å². The van der Waals surface area contributed by atoms with Crippen molar-refractivity contribution in [3.63, 3.8) is 0 Å². The average molecular weight is 277 g/mol. The van der Waals surface area contributed by atoms with Crippen LogP contribution in [-0.2, 0) is 6.42 Å². The van der Waals surface area contributed by atoms with Crippen LogP contribution in [-0.4, -0.2) is 6.04 Å². The summed E-state index contributed by atoms with van der Waals surface area (Å²) in [6.45, 7) is 3.92. The zero-order valence-electron chi connectivity index (χ0n) is 11.5. The second-order valence-corrected chi connectivity index (χ2v) is 4.95. The maximum Gasteiger partial charge on any atom is 0.162 e. The Hall–Kier alpha value is -1.94. The molecule has 2 nitrogen and oxygen atoms in total. The van der Waals surface area contributed by atoms with Crippen molar-refractivity contribution in [3.05, 3.63) is 59.2 Å². The van der Waals surface area contributed by atoms with Gasteiger partial charge in [0.25, 0.3) is 0 Å². The molecule has 1 atom stereocenters. The van der Waals surface area contributed by atoms with Gasteiger partial charge in [-0.25, -0.2) is 8.78 Å². The number of rotatable bonds is 4. The van der Waals surface area contributed by atoms with Gasteiger partial charge >= 0.3 is 0 Å². The molecule has 0 saturated carbocycles. The summed E-state index contributed by atoms with van der Waals surface area (Å²) in [5.74, 6) is -0.959. The summed E-state index contributed by atoms with van der Waals surface area (Å²) in [5, 5.41) is 0. The third-order valence-electron chi connectivity index (χ3n) is 2.98. The van der Waals surface area contributed by atoms with Gasteiger partial charge in [-0.3, -0.25) is 0 Å². The summed E-state index contributed by atoms with van der Waals surface area (Å²) in [7, 11) is 0. The number of hydrogen-bond donors (Lipinski definition) is 1. The van der Waals surface area contributed by atoms with Gasteiger partial charge in [0.05, 0.1) is 0 Å². The van der Waals surface area contributed by atoms with Gasteiger partial charge in [-0.1, -0.05) is 6.07 Å². The van der Waals surface area contributed by atoms with Gasteiger partial charge in [-0.05, 0) is 55.7 Å². The minimum Gasteiger partial charge on any atom is -0.457 e. The Bertz CT molecular complexity index is 611. The van der Waals surface area contributed by atoms with E-state index in [9.17, 15) is 8.78 Å². The Morgan fingerprint density at radius 3 is 2.30 bits per heavy atom. The molecule has 0 aliphatic heterocycles. The van der Waals surface area contributed by atoms with E-state index in [2.05, 4.69) is 0 Å². The summed E-state index contributed by atoms with van der Waals surface area (Å²) in [5.41, 5.74) is 7.99. The van der Waals surface area contributed by atoms with Crippen molar-refractivity contribution in [1.29, 1.82) is 0 Å². The van der Waals surface area contributed by atoms with Crippen LogP contribution in [0, 0.1) is 18.6 Å². The van der Waals surface area contributed by atoms with Crippen LogP contribution in [0.25, 0.3) is 0 Å². The van der Waals surface area contributed by atoms with E-state index in [1.54, 1.807) is 6.07 Å². The molecule has 0 aliphatic rings. The Labute approximate surface area is 117 Å². The monoisotopic (exact) mass is 277 g/mol. The molecular weight excluding hydrogens is 260 g/mol. The third-order valence-corrected chi connectivity index (χ3v) is 2.98. The fraction of sp³-hybridized carbons (Fsp3) is 0.250. The van der Waals surface area contributed by atoms with Crippen LogP contribution in [0.5, 0.6) is 11.5 Å². The SMILES string of the molecule is Cc1cc(Oc2ccc(F)c(F)c2)ccc1CC(C)N. The molecule has 2 aromatic carbocycles. The van der Waals surface area contributed by atoms with Crippen LogP contribution in [0.1, 0.15) is 18.1 Å². The maximum atomic E-state index is 13.1. The van der Waals surface area contributed by atoms with Crippen molar-refractivity contribution in [1.82, 2.24) is 0 Å². The Morgan fingerprint density at radius 1 is 1.05 bits per heavy atom. The molecule has 0 aliphatic carbocycles. The Balaban J connectivity index is 2.17. The number of ether oxygens (including phenoxy) is 1. The highest BCUT2D eigenvalue weighted by Gasteiger charge is 2.07. The van der Waals surface area contributed by atoms with E-state index >= 15 is 0 Å². The first kappa shape index (κ1) is 14.5. The predicted octanol–water partition coefficient (Wildman–Crippen LogP) is 3.96. The minimum atomic E-state index is -0.923. The van der Waals surface area contributed by atoms with Crippen LogP contribution < -0.4 is 10.5 Å². The third kappa shape index (κ3) is 3.54. The second kappa shape index (κ2) is 6.01. The number of halogens is 2. The summed E-state index contributed by atoms with van der Waals surface area (Å²) in [4.78, 5) is 0. The molecule has 0 aromatic heterocycles. The molecule has 2 aromatic rings. The van der Waals surface area contributed by atoms with Crippen molar-refractivity contribution < 1.29 is 13.5 Å². The summed E-state index contributed by atoms with van der Waals surface area (Å²) < 4.78 is 31.5. The Kier molecular flexibility index (Phi) is 4.35.